The summed E-state index contributed by atoms with van der Waals surface area (Å²) >= 11 is 0. The van der Waals surface area contributed by atoms with E-state index in [2.05, 4.69) is 35.0 Å². The molecule has 0 atom stereocenters. The maximum Gasteiger partial charge on any atom is 0.149 e. The molecule has 168 valence electrons. The molecule has 0 radical (unpaired) electrons. The van der Waals surface area contributed by atoms with Crippen molar-refractivity contribution in [2.45, 2.75) is 63.7 Å². The van der Waals surface area contributed by atoms with Crippen LogP contribution >= 0.6 is 0 Å². The Bertz CT molecular complexity index is 1100. The molecule has 5 heteroatoms. The highest BCUT2D eigenvalue weighted by atomic mass is 19.1. The number of rotatable bonds is 7. The van der Waals surface area contributed by atoms with E-state index in [9.17, 15) is 0 Å². The first-order chi connectivity index (χ1) is 15.7. The van der Waals surface area contributed by atoms with Crippen LogP contribution in [-0.2, 0) is 6.42 Å². The molecular formula is C27H32FN3O. The lowest BCUT2D eigenvalue weighted by Gasteiger charge is -2.34. The molecule has 0 unspecified atom stereocenters. The van der Waals surface area contributed by atoms with E-state index in [0.717, 1.165) is 86.4 Å². The number of nitrogens with zero attached hydrogens (tertiary/aromatic N) is 3. The van der Waals surface area contributed by atoms with E-state index in [1.807, 2.05) is 12.1 Å². The predicted octanol–water partition coefficient (Wildman–Crippen LogP) is 6.38. The summed E-state index contributed by atoms with van der Waals surface area (Å²) in [6.07, 6.45) is 7.33. The highest BCUT2D eigenvalue weighted by molar-refractivity contribution is 5.90. The van der Waals surface area contributed by atoms with Gasteiger partial charge in [0.2, 0.25) is 0 Å². The largest absolute Gasteiger partial charge is 0.496 e. The molecule has 0 amide bonds. The molecule has 2 fully saturated rings. The average molecular weight is 434 g/mol. The van der Waals surface area contributed by atoms with E-state index in [-0.39, 0.29) is 5.82 Å². The summed E-state index contributed by atoms with van der Waals surface area (Å²) in [6.45, 7) is 3.97. The summed E-state index contributed by atoms with van der Waals surface area (Å²) in [5, 5.41) is 0.872. The number of benzene rings is 2. The molecule has 1 saturated heterocycles. The Hall–Kier alpha value is -2.69. The van der Waals surface area contributed by atoms with Gasteiger partial charge in [-0.05, 0) is 73.8 Å². The lowest BCUT2D eigenvalue weighted by Crippen LogP contribution is -2.34. The lowest BCUT2D eigenvalue weighted by atomic mass is 9.88. The van der Waals surface area contributed by atoms with Crippen molar-refractivity contribution in [3.05, 3.63) is 59.2 Å². The fourth-order valence-electron chi connectivity index (χ4n) is 4.94. The topological polar surface area (TPSA) is 38.2 Å². The van der Waals surface area contributed by atoms with E-state index < -0.39 is 0 Å². The molecule has 32 heavy (non-hydrogen) atoms. The highest BCUT2D eigenvalue weighted by Crippen LogP contribution is 2.41. The highest BCUT2D eigenvalue weighted by Gasteiger charge is 2.30. The minimum atomic E-state index is -0.205. The van der Waals surface area contributed by atoms with Gasteiger partial charge >= 0.3 is 0 Å². The summed E-state index contributed by atoms with van der Waals surface area (Å²) in [6, 6.07) is 12.1. The second-order valence-corrected chi connectivity index (χ2v) is 9.26. The monoisotopic (exact) mass is 433 g/mol. The smallest absolute Gasteiger partial charge is 0.149 e. The van der Waals surface area contributed by atoms with Crippen molar-refractivity contribution in [3.63, 3.8) is 0 Å². The third kappa shape index (κ3) is 4.17. The number of piperidine rings is 1. The third-order valence-corrected chi connectivity index (χ3v) is 6.95. The minimum absolute atomic E-state index is 0.205. The van der Waals surface area contributed by atoms with E-state index >= 15 is 4.39 Å². The minimum Gasteiger partial charge on any atom is -0.496 e. The van der Waals surface area contributed by atoms with Crippen LogP contribution in [0.2, 0.25) is 0 Å². The van der Waals surface area contributed by atoms with E-state index in [1.54, 1.807) is 13.2 Å². The van der Waals surface area contributed by atoms with Crippen LogP contribution in [-0.4, -0.2) is 30.2 Å². The van der Waals surface area contributed by atoms with E-state index in [0.29, 0.717) is 17.4 Å². The summed E-state index contributed by atoms with van der Waals surface area (Å²) < 4.78 is 20.7. The number of fused-ring (bicyclic) bond motifs is 1. The summed E-state index contributed by atoms with van der Waals surface area (Å²) in [4.78, 5) is 12.0. The number of unbranched alkanes of at least 4 members (excludes halogenated alkanes) is 1. The van der Waals surface area contributed by atoms with Crippen molar-refractivity contribution >= 4 is 16.7 Å². The Morgan fingerprint density at radius 3 is 2.53 bits per heavy atom. The number of methoxy groups -OCH3 is 1. The Kier molecular flexibility index (Phi) is 5.99. The van der Waals surface area contributed by atoms with Crippen molar-refractivity contribution in [2.75, 3.05) is 25.1 Å². The number of ether oxygens (including phenoxy) is 1. The van der Waals surface area contributed by atoms with Crippen molar-refractivity contribution in [1.29, 1.82) is 0 Å². The average Bonchev–Trinajstić information content (AvgIpc) is 3.68. The molecule has 2 aromatic carbocycles. The zero-order chi connectivity index (χ0) is 22.1. The first-order valence-electron chi connectivity index (χ1n) is 12.1. The van der Waals surface area contributed by atoms with Gasteiger partial charge in [-0.1, -0.05) is 31.5 Å². The number of halogens is 1. The van der Waals surface area contributed by atoms with Gasteiger partial charge in [-0.15, -0.1) is 0 Å². The van der Waals surface area contributed by atoms with Crippen molar-refractivity contribution in [1.82, 2.24) is 9.97 Å². The fourth-order valence-corrected chi connectivity index (χ4v) is 4.94. The number of aromatic nitrogens is 2. The molecule has 4 nitrogen and oxygen atoms in total. The number of anilines is 1. The molecule has 0 bridgehead atoms. The molecule has 1 aromatic heterocycles. The molecule has 0 spiro atoms. The zero-order valence-electron chi connectivity index (χ0n) is 19.1. The predicted molar refractivity (Wildman–Crippen MR) is 127 cm³/mol. The molecule has 1 aliphatic heterocycles. The molecule has 2 aliphatic rings. The van der Waals surface area contributed by atoms with Gasteiger partial charge < -0.3 is 9.64 Å². The van der Waals surface area contributed by atoms with Gasteiger partial charge in [0.05, 0.1) is 7.11 Å². The van der Waals surface area contributed by atoms with Gasteiger partial charge in [0.1, 0.15) is 28.7 Å². The Labute approximate surface area is 189 Å². The van der Waals surface area contributed by atoms with Crippen LogP contribution in [0.25, 0.3) is 10.9 Å². The van der Waals surface area contributed by atoms with E-state index in [1.165, 1.54) is 5.56 Å². The molecule has 3 aromatic rings. The second-order valence-electron chi connectivity index (χ2n) is 9.26. The summed E-state index contributed by atoms with van der Waals surface area (Å²) in [7, 11) is 1.74. The zero-order valence-corrected chi connectivity index (χ0v) is 19.1. The number of hydrogen-bond acceptors (Lipinski definition) is 4. The number of para-hydroxylation sites is 1. The van der Waals surface area contributed by atoms with Crippen LogP contribution in [0.15, 0.2) is 36.4 Å². The maximum atomic E-state index is 15.1. The fraction of sp³-hybridized carbons (Fsp3) is 0.481. The quantitative estimate of drug-likeness (QED) is 0.433. The van der Waals surface area contributed by atoms with Crippen LogP contribution < -0.4 is 9.64 Å². The van der Waals surface area contributed by atoms with Gasteiger partial charge in [0.15, 0.2) is 0 Å². The van der Waals surface area contributed by atoms with Crippen molar-refractivity contribution < 1.29 is 9.13 Å². The standard InChI is InChI=1S/C27H32FN3O/c1-3-4-7-18-16-22-25(23(28)17-18)29-26(20-10-11-20)30-27(22)31-14-12-19(13-15-31)21-8-5-6-9-24(21)32-2/h5-6,8-9,16-17,19-20H,3-4,7,10-15H2,1-2H3. The third-order valence-electron chi connectivity index (χ3n) is 6.95. The number of aryl methyl sites for hydroxylation is 1. The molecule has 5 rings (SSSR count). The molecule has 1 aliphatic carbocycles. The van der Waals surface area contributed by atoms with Gasteiger partial charge in [-0.25, -0.2) is 14.4 Å². The first-order valence-corrected chi connectivity index (χ1v) is 12.1. The van der Waals surface area contributed by atoms with Crippen LogP contribution in [0.4, 0.5) is 10.2 Å². The number of hydrogen-bond donors (Lipinski definition) is 0. The van der Waals surface area contributed by atoms with Gasteiger partial charge in [-0.3, -0.25) is 0 Å². The normalized spacial score (nSPS) is 17.2. The van der Waals surface area contributed by atoms with E-state index in [4.69, 9.17) is 9.72 Å². The van der Waals surface area contributed by atoms with Gasteiger partial charge in [-0.2, -0.15) is 0 Å². The first kappa shape index (κ1) is 21.2. The maximum absolute atomic E-state index is 15.1. The molecule has 0 N–H and O–H groups in total. The molecule has 1 saturated carbocycles. The summed E-state index contributed by atoms with van der Waals surface area (Å²) in [5.41, 5.74) is 2.82. The summed E-state index contributed by atoms with van der Waals surface area (Å²) in [5.74, 6) is 3.37. The van der Waals surface area contributed by atoms with Crippen molar-refractivity contribution in [3.8, 4) is 5.75 Å². The Morgan fingerprint density at radius 1 is 1.03 bits per heavy atom. The Balaban J connectivity index is 1.47. The van der Waals surface area contributed by atoms with Crippen LogP contribution in [0, 0.1) is 5.82 Å². The van der Waals surface area contributed by atoms with Gasteiger partial charge in [0.25, 0.3) is 0 Å². The second kappa shape index (κ2) is 9.05. The molecule has 2 heterocycles. The Morgan fingerprint density at radius 2 is 1.81 bits per heavy atom. The lowest BCUT2D eigenvalue weighted by molar-refractivity contribution is 0.397. The SMILES string of the molecule is CCCCc1cc(F)c2nc(C3CC3)nc(N3CCC(c4ccccc4OC)CC3)c2c1. The van der Waals surface area contributed by atoms with Crippen molar-refractivity contribution in [2.24, 2.45) is 0 Å². The van der Waals surface area contributed by atoms with Gasteiger partial charge in [0, 0.05) is 24.4 Å². The molecular weight excluding hydrogens is 401 g/mol. The van der Waals surface area contributed by atoms with Crippen LogP contribution in [0.3, 0.4) is 0 Å². The van der Waals surface area contributed by atoms with Crippen LogP contribution in [0.1, 0.15) is 74.2 Å². The van der Waals surface area contributed by atoms with Crippen LogP contribution in [0.5, 0.6) is 5.75 Å².